The van der Waals surface area contributed by atoms with Gasteiger partial charge in [0.1, 0.15) is 0 Å². The molecule has 0 spiro atoms. The van der Waals surface area contributed by atoms with Crippen molar-refractivity contribution in [2.75, 3.05) is 31.7 Å². The summed E-state index contributed by atoms with van der Waals surface area (Å²) in [5.74, 6) is 0.127. The Balaban J connectivity index is 2.12. The number of ether oxygens (including phenoxy) is 4. The Labute approximate surface area is 170 Å². The lowest BCUT2D eigenvalue weighted by Crippen LogP contribution is -2.21. The van der Waals surface area contributed by atoms with Crippen LogP contribution < -0.4 is 19.5 Å². The zero-order valence-corrected chi connectivity index (χ0v) is 17.2. The maximum atomic E-state index is 12.5. The first kappa shape index (κ1) is 22.1. The lowest BCUT2D eigenvalue weighted by molar-refractivity contribution is -0.119. The summed E-state index contributed by atoms with van der Waals surface area (Å²) in [6, 6.07) is 10.4. The van der Waals surface area contributed by atoms with Gasteiger partial charge in [-0.1, -0.05) is 18.2 Å². The number of amides is 1. The molecule has 2 rings (SSSR count). The molecule has 0 heterocycles. The van der Waals surface area contributed by atoms with Crippen molar-refractivity contribution in [1.29, 1.82) is 0 Å². The molecule has 1 N–H and O–H groups in total. The van der Waals surface area contributed by atoms with Crippen LogP contribution in [-0.4, -0.2) is 38.3 Å². The fourth-order valence-corrected chi connectivity index (χ4v) is 2.62. The monoisotopic (exact) mass is 401 g/mol. The molecule has 29 heavy (non-hydrogen) atoms. The van der Waals surface area contributed by atoms with Crippen molar-refractivity contribution >= 4 is 17.6 Å². The van der Waals surface area contributed by atoms with Crippen LogP contribution in [0.1, 0.15) is 36.7 Å². The van der Waals surface area contributed by atoms with Crippen molar-refractivity contribution in [1.82, 2.24) is 0 Å². The topological polar surface area (TPSA) is 83.1 Å². The fourth-order valence-electron chi connectivity index (χ4n) is 2.62. The van der Waals surface area contributed by atoms with Crippen LogP contribution in [-0.2, 0) is 9.53 Å². The zero-order chi connectivity index (χ0) is 21.2. The Kier molecular flexibility index (Phi) is 8.33. The van der Waals surface area contributed by atoms with Crippen molar-refractivity contribution in [3.8, 4) is 17.2 Å². The van der Waals surface area contributed by atoms with Gasteiger partial charge < -0.3 is 24.3 Å². The van der Waals surface area contributed by atoms with Crippen LogP contribution in [0, 0.1) is 6.92 Å². The van der Waals surface area contributed by atoms with Gasteiger partial charge in [0.2, 0.25) is 5.75 Å². The number of carbonyl (C=O) groups is 2. The first-order valence-electron chi connectivity index (χ1n) is 9.59. The van der Waals surface area contributed by atoms with Crippen LogP contribution in [0.5, 0.6) is 17.2 Å². The van der Waals surface area contributed by atoms with Gasteiger partial charge in [0, 0.05) is 5.69 Å². The van der Waals surface area contributed by atoms with Crippen LogP contribution in [0.25, 0.3) is 0 Å². The second kappa shape index (κ2) is 10.9. The van der Waals surface area contributed by atoms with E-state index in [-0.39, 0.29) is 5.56 Å². The van der Waals surface area contributed by atoms with E-state index in [1.165, 1.54) is 12.1 Å². The Morgan fingerprint density at radius 3 is 2.03 bits per heavy atom. The molecule has 2 aromatic carbocycles. The van der Waals surface area contributed by atoms with Crippen molar-refractivity contribution < 1.29 is 28.5 Å². The Hall–Kier alpha value is -3.22. The summed E-state index contributed by atoms with van der Waals surface area (Å²) >= 11 is 0. The van der Waals surface area contributed by atoms with Crippen LogP contribution in [0.2, 0.25) is 0 Å². The summed E-state index contributed by atoms with van der Waals surface area (Å²) in [7, 11) is 0. The highest BCUT2D eigenvalue weighted by molar-refractivity contribution is 5.96. The van der Waals surface area contributed by atoms with Gasteiger partial charge in [-0.15, -0.1) is 0 Å². The lowest BCUT2D eigenvalue weighted by Gasteiger charge is -2.17. The molecule has 0 aromatic heterocycles. The number of anilines is 1. The number of nitrogens with one attached hydrogen (secondary N) is 1. The number of para-hydroxylation sites is 1. The summed E-state index contributed by atoms with van der Waals surface area (Å²) < 4.78 is 22.0. The second-order valence-corrected chi connectivity index (χ2v) is 6.04. The molecule has 7 nitrogen and oxygen atoms in total. The molecule has 0 aliphatic rings. The molecule has 0 fully saturated rings. The summed E-state index contributed by atoms with van der Waals surface area (Å²) in [4.78, 5) is 24.6. The molecule has 7 heteroatoms. The van der Waals surface area contributed by atoms with Gasteiger partial charge in [0.05, 0.1) is 25.4 Å². The number of hydrogen-bond acceptors (Lipinski definition) is 6. The Bertz CT molecular complexity index is 822. The number of carbonyl (C=O) groups excluding carboxylic acids is 2. The van der Waals surface area contributed by atoms with E-state index < -0.39 is 18.5 Å². The lowest BCUT2D eigenvalue weighted by atomic mass is 10.2. The van der Waals surface area contributed by atoms with E-state index in [9.17, 15) is 9.59 Å². The van der Waals surface area contributed by atoms with Crippen LogP contribution in [0.15, 0.2) is 36.4 Å². The van der Waals surface area contributed by atoms with Crippen molar-refractivity contribution in [2.24, 2.45) is 0 Å². The molecule has 1 amide bonds. The largest absolute Gasteiger partial charge is 0.490 e. The molecule has 0 bridgehead atoms. The highest BCUT2D eigenvalue weighted by atomic mass is 16.5. The van der Waals surface area contributed by atoms with Gasteiger partial charge in [-0.05, 0) is 51.5 Å². The maximum Gasteiger partial charge on any atom is 0.338 e. The summed E-state index contributed by atoms with van der Waals surface area (Å²) in [5, 5.41) is 2.72. The third kappa shape index (κ3) is 6.14. The predicted octanol–water partition coefficient (Wildman–Crippen LogP) is 3.99. The van der Waals surface area contributed by atoms with E-state index in [1.54, 1.807) is 6.07 Å². The van der Waals surface area contributed by atoms with Crippen molar-refractivity contribution in [3.05, 3.63) is 47.5 Å². The SMILES string of the molecule is CCOc1cc(C(=O)OCC(=O)Nc2ccccc2C)cc(OCC)c1OCC. The molecule has 0 radical (unpaired) electrons. The van der Waals surface area contributed by atoms with Gasteiger partial charge in [-0.25, -0.2) is 4.79 Å². The van der Waals surface area contributed by atoms with E-state index in [0.717, 1.165) is 5.56 Å². The molecule has 0 aliphatic carbocycles. The first-order chi connectivity index (χ1) is 14.0. The molecular weight excluding hydrogens is 374 g/mol. The van der Waals surface area contributed by atoms with Gasteiger partial charge in [0.15, 0.2) is 18.1 Å². The van der Waals surface area contributed by atoms with Crippen molar-refractivity contribution in [3.63, 3.8) is 0 Å². The third-order valence-electron chi connectivity index (χ3n) is 3.90. The summed E-state index contributed by atoms with van der Waals surface area (Å²) in [5.41, 5.74) is 1.80. The molecule has 0 aliphatic heterocycles. The van der Waals surface area contributed by atoms with Gasteiger partial charge in [-0.3, -0.25) is 4.79 Å². The Morgan fingerprint density at radius 1 is 0.897 bits per heavy atom. The number of aryl methyl sites for hydroxylation is 1. The van der Waals surface area contributed by atoms with Crippen LogP contribution in [0.3, 0.4) is 0 Å². The van der Waals surface area contributed by atoms with Gasteiger partial charge in [0.25, 0.3) is 5.91 Å². The zero-order valence-electron chi connectivity index (χ0n) is 17.2. The minimum Gasteiger partial charge on any atom is -0.490 e. The van der Waals surface area contributed by atoms with E-state index in [4.69, 9.17) is 18.9 Å². The highest BCUT2D eigenvalue weighted by Gasteiger charge is 2.20. The molecule has 156 valence electrons. The number of esters is 1. The summed E-state index contributed by atoms with van der Waals surface area (Å²) in [6.45, 7) is 8.18. The van der Waals surface area contributed by atoms with E-state index in [0.29, 0.717) is 42.8 Å². The van der Waals surface area contributed by atoms with Crippen LogP contribution >= 0.6 is 0 Å². The molecule has 0 atom stereocenters. The molecule has 0 unspecified atom stereocenters. The van der Waals surface area contributed by atoms with Crippen LogP contribution in [0.4, 0.5) is 5.69 Å². The number of benzene rings is 2. The summed E-state index contributed by atoms with van der Waals surface area (Å²) in [6.07, 6.45) is 0. The first-order valence-corrected chi connectivity index (χ1v) is 9.59. The van der Waals surface area contributed by atoms with Crippen molar-refractivity contribution in [2.45, 2.75) is 27.7 Å². The van der Waals surface area contributed by atoms with Gasteiger partial charge >= 0.3 is 5.97 Å². The number of rotatable bonds is 10. The average Bonchev–Trinajstić information content (AvgIpc) is 2.70. The molecule has 0 saturated carbocycles. The standard InChI is InChI=1S/C22H27NO6/c1-5-26-18-12-16(13-19(27-6-2)21(18)28-7-3)22(25)29-14-20(24)23-17-11-9-8-10-15(17)4/h8-13H,5-7,14H2,1-4H3,(H,23,24). The molecule has 2 aromatic rings. The normalized spacial score (nSPS) is 10.2. The second-order valence-electron chi connectivity index (χ2n) is 6.04. The minimum absolute atomic E-state index is 0.212. The van der Waals surface area contributed by atoms with E-state index >= 15 is 0 Å². The Morgan fingerprint density at radius 2 is 1.48 bits per heavy atom. The quantitative estimate of drug-likeness (QED) is 0.606. The smallest absolute Gasteiger partial charge is 0.338 e. The third-order valence-corrected chi connectivity index (χ3v) is 3.90. The molecular formula is C22H27NO6. The van der Waals surface area contributed by atoms with E-state index in [1.807, 2.05) is 45.9 Å². The predicted molar refractivity (Wildman–Crippen MR) is 110 cm³/mol. The molecule has 0 saturated heterocycles. The minimum atomic E-state index is -0.658. The average molecular weight is 401 g/mol. The van der Waals surface area contributed by atoms with E-state index in [2.05, 4.69) is 5.32 Å². The maximum absolute atomic E-state index is 12.5. The fraction of sp³-hybridized carbons (Fsp3) is 0.364. The van der Waals surface area contributed by atoms with Gasteiger partial charge in [-0.2, -0.15) is 0 Å². The number of hydrogen-bond donors (Lipinski definition) is 1. The highest BCUT2D eigenvalue weighted by Crippen LogP contribution is 2.39.